The Balaban J connectivity index is 2.14. The molecule has 0 bridgehead atoms. The number of aromatic nitrogens is 1. The minimum Gasteiger partial charge on any atom is -0.497 e. The van der Waals surface area contributed by atoms with Gasteiger partial charge in [0, 0.05) is 18.6 Å². The molecule has 0 aliphatic carbocycles. The summed E-state index contributed by atoms with van der Waals surface area (Å²) in [4.78, 5) is 16.3. The molecular weight excluding hydrogens is 300 g/mol. The summed E-state index contributed by atoms with van der Waals surface area (Å²) in [5, 5.41) is 5.57. The van der Waals surface area contributed by atoms with Crippen molar-refractivity contribution in [2.45, 2.75) is 6.61 Å². The molecule has 1 amide bonds. The van der Waals surface area contributed by atoms with Gasteiger partial charge in [0.05, 0.1) is 24.4 Å². The number of hydrogen-bond acceptors (Lipinski definition) is 5. The van der Waals surface area contributed by atoms with E-state index >= 15 is 0 Å². The van der Waals surface area contributed by atoms with E-state index in [1.165, 1.54) is 11.3 Å². The highest BCUT2D eigenvalue weighted by Crippen LogP contribution is 2.27. The van der Waals surface area contributed by atoms with Crippen molar-refractivity contribution in [2.24, 2.45) is 0 Å². The summed E-state index contributed by atoms with van der Waals surface area (Å²) in [7, 11) is 3.13. The van der Waals surface area contributed by atoms with Crippen LogP contribution in [-0.4, -0.2) is 25.1 Å². The van der Waals surface area contributed by atoms with Crippen LogP contribution in [-0.2, 0) is 11.3 Å². The van der Waals surface area contributed by atoms with E-state index in [0.717, 1.165) is 5.01 Å². The third-order valence-corrected chi connectivity index (χ3v) is 3.63. The van der Waals surface area contributed by atoms with E-state index in [1.54, 1.807) is 37.8 Å². The Labute approximate surface area is 125 Å². The Morgan fingerprint density at radius 1 is 1.45 bits per heavy atom. The lowest BCUT2D eigenvalue weighted by atomic mass is 10.3. The molecule has 0 unspecified atom stereocenters. The molecule has 0 saturated carbocycles. The standard InChI is InChI=1S/C13H13ClN2O3S/c1-18-6-12-15-11(7-20-12)13(17)16-10-5-8(19-2)3-4-9(10)14/h3-5,7H,6H2,1-2H3,(H,16,17). The Morgan fingerprint density at radius 2 is 2.25 bits per heavy atom. The van der Waals surface area contributed by atoms with Crippen LogP contribution in [0.15, 0.2) is 23.6 Å². The Hall–Kier alpha value is -1.63. The van der Waals surface area contributed by atoms with E-state index in [-0.39, 0.29) is 5.91 Å². The summed E-state index contributed by atoms with van der Waals surface area (Å²) < 4.78 is 10.1. The van der Waals surface area contributed by atoms with Gasteiger partial charge in [0.2, 0.25) is 0 Å². The lowest BCUT2D eigenvalue weighted by Gasteiger charge is -2.07. The SMILES string of the molecule is COCc1nc(C(=O)Nc2cc(OC)ccc2Cl)cs1. The lowest BCUT2D eigenvalue weighted by molar-refractivity contribution is 0.102. The average molecular weight is 313 g/mol. The number of benzene rings is 1. The maximum atomic E-state index is 12.1. The van der Waals surface area contributed by atoms with Crippen molar-refractivity contribution < 1.29 is 14.3 Å². The second kappa shape index (κ2) is 6.69. The van der Waals surface area contributed by atoms with Crippen molar-refractivity contribution >= 4 is 34.5 Å². The number of hydrogen-bond donors (Lipinski definition) is 1. The fraction of sp³-hybridized carbons (Fsp3) is 0.231. The van der Waals surface area contributed by atoms with E-state index in [0.29, 0.717) is 28.8 Å². The molecule has 1 aromatic heterocycles. The molecule has 0 aliphatic heterocycles. The van der Waals surface area contributed by atoms with Crippen LogP contribution in [0.2, 0.25) is 5.02 Å². The largest absolute Gasteiger partial charge is 0.497 e. The number of carbonyl (C=O) groups is 1. The molecule has 5 nitrogen and oxygen atoms in total. The molecule has 1 heterocycles. The fourth-order valence-electron chi connectivity index (χ4n) is 1.52. The lowest BCUT2D eigenvalue weighted by Crippen LogP contribution is -2.13. The van der Waals surface area contributed by atoms with E-state index < -0.39 is 0 Å². The molecule has 0 fully saturated rings. The van der Waals surface area contributed by atoms with Crippen LogP contribution < -0.4 is 10.1 Å². The van der Waals surface area contributed by atoms with Crippen LogP contribution in [0, 0.1) is 0 Å². The van der Waals surface area contributed by atoms with E-state index in [2.05, 4.69) is 10.3 Å². The van der Waals surface area contributed by atoms with Crippen LogP contribution >= 0.6 is 22.9 Å². The summed E-state index contributed by atoms with van der Waals surface area (Å²) in [6.07, 6.45) is 0. The van der Waals surface area contributed by atoms with Gasteiger partial charge in [-0.2, -0.15) is 0 Å². The highest BCUT2D eigenvalue weighted by molar-refractivity contribution is 7.09. The molecular formula is C13H13ClN2O3S. The first kappa shape index (κ1) is 14.8. The predicted octanol–water partition coefficient (Wildman–Crippen LogP) is 3.20. The zero-order valence-electron chi connectivity index (χ0n) is 11.0. The van der Waals surface area contributed by atoms with Crippen LogP contribution in [0.3, 0.4) is 0 Å². The number of nitrogens with one attached hydrogen (secondary N) is 1. The molecule has 1 aromatic carbocycles. The van der Waals surface area contributed by atoms with Crippen molar-refractivity contribution in [1.82, 2.24) is 4.98 Å². The maximum Gasteiger partial charge on any atom is 0.275 e. The number of thiazole rings is 1. The zero-order chi connectivity index (χ0) is 14.5. The normalized spacial score (nSPS) is 10.3. The summed E-state index contributed by atoms with van der Waals surface area (Å²) >= 11 is 7.40. The Kier molecular flexibility index (Phi) is 4.94. The fourth-order valence-corrected chi connectivity index (χ4v) is 2.43. The summed E-state index contributed by atoms with van der Waals surface area (Å²) in [5.41, 5.74) is 0.818. The maximum absolute atomic E-state index is 12.1. The number of anilines is 1. The first-order valence-corrected chi connectivity index (χ1v) is 6.98. The van der Waals surface area contributed by atoms with Gasteiger partial charge in [-0.1, -0.05) is 11.6 Å². The molecule has 106 valence electrons. The molecule has 20 heavy (non-hydrogen) atoms. The highest BCUT2D eigenvalue weighted by Gasteiger charge is 2.13. The number of halogens is 1. The Morgan fingerprint density at radius 3 is 2.95 bits per heavy atom. The third kappa shape index (κ3) is 3.47. The molecule has 0 radical (unpaired) electrons. The molecule has 7 heteroatoms. The van der Waals surface area contributed by atoms with E-state index in [1.807, 2.05) is 0 Å². The second-order valence-electron chi connectivity index (χ2n) is 3.86. The quantitative estimate of drug-likeness (QED) is 0.921. The topological polar surface area (TPSA) is 60.5 Å². The number of nitrogens with zero attached hydrogens (tertiary/aromatic N) is 1. The molecule has 0 atom stereocenters. The summed E-state index contributed by atoms with van der Waals surface area (Å²) in [5.74, 6) is 0.293. The number of rotatable bonds is 5. The number of carbonyl (C=O) groups excluding carboxylic acids is 1. The van der Waals surface area contributed by atoms with Gasteiger partial charge in [0.1, 0.15) is 16.5 Å². The van der Waals surface area contributed by atoms with Crippen LogP contribution in [0.1, 0.15) is 15.5 Å². The molecule has 2 rings (SSSR count). The third-order valence-electron chi connectivity index (χ3n) is 2.47. The molecule has 0 spiro atoms. The Bertz CT molecular complexity index is 615. The first-order valence-electron chi connectivity index (χ1n) is 5.72. The van der Waals surface area contributed by atoms with Gasteiger partial charge in [-0.3, -0.25) is 4.79 Å². The van der Waals surface area contributed by atoms with Gasteiger partial charge in [-0.05, 0) is 12.1 Å². The van der Waals surface area contributed by atoms with Crippen molar-refractivity contribution in [3.8, 4) is 5.75 Å². The van der Waals surface area contributed by atoms with Crippen molar-refractivity contribution in [2.75, 3.05) is 19.5 Å². The van der Waals surface area contributed by atoms with Crippen molar-refractivity contribution in [3.63, 3.8) is 0 Å². The van der Waals surface area contributed by atoms with Gasteiger partial charge < -0.3 is 14.8 Å². The number of ether oxygens (including phenoxy) is 2. The predicted molar refractivity (Wildman–Crippen MR) is 78.8 cm³/mol. The minimum atomic E-state index is -0.321. The first-order chi connectivity index (χ1) is 9.63. The minimum absolute atomic E-state index is 0.321. The smallest absolute Gasteiger partial charge is 0.275 e. The van der Waals surface area contributed by atoms with Gasteiger partial charge in [0.15, 0.2) is 0 Å². The van der Waals surface area contributed by atoms with Crippen LogP contribution in [0.5, 0.6) is 5.75 Å². The average Bonchev–Trinajstić information content (AvgIpc) is 2.90. The second-order valence-corrected chi connectivity index (χ2v) is 5.21. The van der Waals surface area contributed by atoms with Crippen LogP contribution in [0.25, 0.3) is 0 Å². The van der Waals surface area contributed by atoms with Gasteiger partial charge in [-0.15, -0.1) is 11.3 Å². The molecule has 1 N–H and O–H groups in total. The monoisotopic (exact) mass is 312 g/mol. The highest BCUT2D eigenvalue weighted by atomic mass is 35.5. The van der Waals surface area contributed by atoms with Crippen molar-refractivity contribution in [3.05, 3.63) is 39.3 Å². The van der Waals surface area contributed by atoms with Gasteiger partial charge in [0.25, 0.3) is 5.91 Å². The van der Waals surface area contributed by atoms with E-state index in [4.69, 9.17) is 21.1 Å². The molecule has 2 aromatic rings. The number of methoxy groups -OCH3 is 2. The van der Waals surface area contributed by atoms with Crippen molar-refractivity contribution in [1.29, 1.82) is 0 Å². The van der Waals surface area contributed by atoms with Gasteiger partial charge in [-0.25, -0.2) is 4.98 Å². The molecule has 0 saturated heterocycles. The molecule has 0 aliphatic rings. The van der Waals surface area contributed by atoms with E-state index in [9.17, 15) is 4.79 Å². The zero-order valence-corrected chi connectivity index (χ0v) is 12.5. The van der Waals surface area contributed by atoms with Gasteiger partial charge >= 0.3 is 0 Å². The number of amides is 1. The summed E-state index contributed by atoms with van der Waals surface area (Å²) in [6, 6.07) is 5.04. The van der Waals surface area contributed by atoms with Crippen LogP contribution in [0.4, 0.5) is 5.69 Å². The summed E-state index contributed by atoms with van der Waals surface area (Å²) in [6.45, 7) is 0.387.